The SMILES string of the molecule is CN(C(=O)CSc1ccccc1C(=O)NC1CCCc2ccccc21)C1CCCCC1. The molecule has 0 radical (unpaired) electrons. The Labute approximate surface area is 189 Å². The van der Waals surface area contributed by atoms with Crippen molar-refractivity contribution in [3.05, 3.63) is 65.2 Å². The highest BCUT2D eigenvalue weighted by Crippen LogP contribution is 2.31. The van der Waals surface area contributed by atoms with Crippen LogP contribution in [0, 0.1) is 0 Å². The van der Waals surface area contributed by atoms with E-state index in [1.54, 1.807) is 0 Å². The molecule has 2 aromatic carbocycles. The van der Waals surface area contributed by atoms with Gasteiger partial charge in [-0.3, -0.25) is 9.59 Å². The molecule has 164 valence electrons. The van der Waals surface area contributed by atoms with Crippen LogP contribution in [-0.2, 0) is 11.2 Å². The number of nitrogens with zero attached hydrogens (tertiary/aromatic N) is 1. The highest BCUT2D eigenvalue weighted by Gasteiger charge is 2.24. The number of hydrogen-bond acceptors (Lipinski definition) is 3. The van der Waals surface area contributed by atoms with E-state index in [1.807, 2.05) is 42.3 Å². The van der Waals surface area contributed by atoms with Crippen molar-refractivity contribution in [1.82, 2.24) is 10.2 Å². The minimum absolute atomic E-state index is 0.0505. The molecular weight excluding hydrogens is 404 g/mol. The first-order valence-electron chi connectivity index (χ1n) is 11.5. The summed E-state index contributed by atoms with van der Waals surface area (Å²) in [5, 5.41) is 3.25. The summed E-state index contributed by atoms with van der Waals surface area (Å²) in [5.41, 5.74) is 3.22. The van der Waals surface area contributed by atoms with E-state index in [1.165, 1.54) is 42.2 Å². The van der Waals surface area contributed by atoms with Crippen LogP contribution in [0.4, 0.5) is 0 Å². The van der Waals surface area contributed by atoms with Gasteiger partial charge < -0.3 is 10.2 Å². The third-order valence-electron chi connectivity index (χ3n) is 6.67. The highest BCUT2D eigenvalue weighted by atomic mass is 32.2. The molecule has 0 spiro atoms. The van der Waals surface area contributed by atoms with Crippen LogP contribution >= 0.6 is 11.8 Å². The van der Waals surface area contributed by atoms with E-state index in [0.29, 0.717) is 17.4 Å². The number of rotatable bonds is 6. The van der Waals surface area contributed by atoms with Gasteiger partial charge in [0.25, 0.3) is 5.91 Å². The Kier molecular flexibility index (Phi) is 7.33. The molecule has 0 aromatic heterocycles. The van der Waals surface area contributed by atoms with Crippen LogP contribution in [0.1, 0.15) is 72.5 Å². The third-order valence-corrected chi connectivity index (χ3v) is 7.73. The molecular formula is C26H32N2O2S. The Morgan fingerprint density at radius 3 is 2.55 bits per heavy atom. The lowest BCUT2D eigenvalue weighted by Gasteiger charge is -2.31. The molecule has 0 heterocycles. The second-order valence-corrected chi connectivity index (χ2v) is 9.72. The first-order valence-corrected chi connectivity index (χ1v) is 12.5. The maximum atomic E-state index is 13.1. The molecule has 0 saturated heterocycles. The molecule has 1 saturated carbocycles. The number of carbonyl (C=O) groups is 2. The van der Waals surface area contributed by atoms with Gasteiger partial charge in [0.2, 0.25) is 5.91 Å². The summed E-state index contributed by atoms with van der Waals surface area (Å²) in [4.78, 5) is 28.7. The second kappa shape index (κ2) is 10.4. The first-order chi connectivity index (χ1) is 15.1. The average molecular weight is 437 g/mol. The summed E-state index contributed by atoms with van der Waals surface area (Å²) in [5.74, 6) is 0.454. The van der Waals surface area contributed by atoms with Crippen LogP contribution in [0.5, 0.6) is 0 Å². The summed E-state index contributed by atoms with van der Waals surface area (Å²) in [6.45, 7) is 0. The Hall–Kier alpha value is -2.27. The molecule has 2 aliphatic carbocycles. The molecule has 2 aliphatic rings. The molecule has 1 fully saturated rings. The van der Waals surface area contributed by atoms with Crippen molar-refractivity contribution < 1.29 is 9.59 Å². The van der Waals surface area contributed by atoms with Crippen molar-refractivity contribution >= 4 is 23.6 Å². The quantitative estimate of drug-likeness (QED) is 0.619. The minimum Gasteiger partial charge on any atom is -0.345 e. The summed E-state index contributed by atoms with van der Waals surface area (Å²) in [7, 11) is 1.93. The zero-order chi connectivity index (χ0) is 21.6. The summed E-state index contributed by atoms with van der Waals surface area (Å²) >= 11 is 1.47. The number of thioether (sulfide) groups is 1. The van der Waals surface area contributed by atoms with Crippen LogP contribution in [0.2, 0.25) is 0 Å². The molecule has 5 heteroatoms. The lowest BCUT2D eigenvalue weighted by molar-refractivity contribution is -0.129. The third kappa shape index (κ3) is 5.32. The number of benzene rings is 2. The predicted molar refractivity (Wildman–Crippen MR) is 126 cm³/mol. The summed E-state index contributed by atoms with van der Waals surface area (Å²) in [6.07, 6.45) is 9.03. The molecule has 2 amide bonds. The van der Waals surface area contributed by atoms with Crippen molar-refractivity contribution in [2.45, 2.75) is 68.3 Å². The van der Waals surface area contributed by atoms with Gasteiger partial charge in [0, 0.05) is 18.0 Å². The lowest BCUT2D eigenvalue weighted by Crippen LogP contribution is -2.39. The van der Waals surface area contributed by atoms with E-state index in [9.17, 15) is 9.59 Å². The normalized spacial score (nSPS) is 18.8. The number of aryl methyl sites for hydroxylation is 1. The van der Waals surface area contributed by atoms with Crippen LogP contribution < -0.4 is 5.32 Å². The fraction of sp³-hybridized carbons (Fsp3) is 0.462. The number of amides is 2. The Morgan fingerprint density at radius 1 is 0.968 bits per heavy atom. The van der Waals surface area contributed by atoms with Crippen molar-refractivity contribution in [3.63, 3.8) is 0 Å². The van der Waals surface area contributed by atoms with Gasteiger partial charge in [0.15, 0.2) is 0 Å². The fourth-order valence-corrected chi connectivity index (χ4v) is 5.81. The zero-order valence-electron chi connectivity index (χ0n) is 18.3. The van der Waals surface area contributed by atoms with E-state index in [-0.39, 0.29) is 17.9 Å². The molecule has 4 nitrogen and oxygen atoms in total. The van der Waals surface area contributed by atoms with Gasteiger partial charge in [-0.2, -0.15) is 0 Å². The predicted octanol–water partition coefficient (Wildman–Crippen LogP) is 5.38. The molecule has 31 heavy (non-hydrogen) atoms. The number of fused-ring (bicyclic) bond motifs is 1. The Morgan fingerprint density at radius 2 is 1.71 bits per heavy atom. The van der Waals surface area contributed by atoms with Gasteiger partial charge in [-0.25, -0.2) is 0 Å². The monoisotopic (exact) mass is 436 g/mol. The zero-order valence-corrected chi connectivity index (χ0v) is 19.1. The smallest absolute Gasteiger partial charge is 0.252 e. The molecule has 2 aromatic rings. The summed E-state index contributed by atoms with van der Waals surface area (Å²) in [6, 6.07) is 16.4. The standard InChI is InChI=1S/C26H32N2O2S/c1-28(20-12-3-2-4-13-20)25(29)18-31-24-17-8-7-15-22(24)26(30)27-23-16-9-11-19-10-5-6-14-21(19)23/h5-8,10,14-15,17,20,23H,2-4,9,11-13,16,18H2,1H3,(H,27,30). The largest absolute Gasteiger partial charge is 0.345 e. The van der Waals surface area contributed by atoms with Crippen molar-refractivity contribution in [2.75, 3.05) is 12.8 Å². The minimum atomic E-state index is -0.0575. The fourth-order valence-electron chi connectivity index (χ4n) is 4.83. The molecule has 0 bridgehead atoms. The summed E-state index contributed by atoms with van der Waals surface area (Å²) < 4.78 is 0. The average Bonchev–Trinajstić information content (AvgIpc) is 2.83. The van der Waals surface area contributed by atoms with Gasteiger partial charge in [0.1, 0.15) is 0 Å². The maximum absolute atomic E-state index is 13.1. The van der Waals surface area contributed by atoms with Crippen LogP contribution in [0.25, 0.3) is 0 Å². The van der Waals surface area contributed by atoms with E-state index in [2.05, 4.69) is 23.5 Å². The van der Waals surface area contributed by atoms with Gasteiger partial charge in [-0.05, 0) is 55.4 Å². The van der Waals surface area contributed by atoms with Crippen LogP contribution in [-0.4, -0.2) is 35.6 Å². The van der Waals surface area contributed by atoms with Crippen molar-refractivity contribution in [3.8, 4) is 0 Å². The first kappa shape index (κ1) is 21.9. The highest BCUT2D eigenvalue weighted by molar-refractivity contribution is 8.00. The van der Waals surface area contributed by atoms with Gasteiger partial charge in [-0.15, -0.1) is 11.8 Å². The topological polar surface area (TPSA) is 49.4 Å². The molecule has 4 rings (SSSR count). The number of carbonyl (C=O) groups excluding carboxylic acids is 2. The van der Waals surface area contributed by atoms with Crippen LogP contribution in [0.15, 0.2) is 53.4 Å². The maximum Gasteiger partial charge on any atom is 0.252 e. The van der Waals surface area contributed by atoms with Gasteiger partial charge >= 0.3 is 0 Å². The lowest BCUT2D eigenvalue weighted by atomic mass is 9.87. The van der Waals surface area contributed by atoms with E-state index >= 15 is 0 Å². The number of nitrogens with one attached hydrogen (secondary N) is 1. The van der Waals surface area contributed by atoms with Gasteiger partial charge in [0.05, 0.1) is 17.4 Å². The Bertz CT molecular complexity index is 923. The second-order valence-electron chi connectivity index (χ2n) is 8.70. The van der Waals surface area contributed by atoms with Crippen molar-refractivity contribution in [2.24, 2.45) is 0 Å². The van der Waals surface area contributed by atoms with E-state index in [0.717, 1.165) is 37.0 Å². The molecule has 1 unspecified atom stereocenters. The van der Waals surface area contributed by atoms with Crippen LogP contribution in [0.3, 0.4) is 0 Å². The van der Waals surface area contributed by atoms with E-state index in [4.69, 9.17) is 0 Å². The molecule has 1 atom stereocenters. The van der Waals surface area contributed by atoms with E-state index < -0.39 is 0 Å². The van der Waals surface area contributed by atoms with Crippen molar-refractivity contribution in [1.29, 1.82) is 0 Å². The van der Waals surface area contributed by atoms with Gasteiger partial charge in [-0.1, -0.05) is 55.7 Å². The Balaban J connectivity index is 1.40. The molecule has 1 N–H and O–H groups in total. The molecule has 0 aliphatic heterocycles. The number of hydrogen-bond donors (Lipinski definition) is 1.